The molecule has 1 N–H and O–H groups in total. The second-order valence-electron chi connectivity index (χ2n) is 6.16. The van der Waals surface area contributed by atoms with E-state index in [1.54, 1.807) is 42.5 Å². The first-order chi connectivity index (χ1) is 14.3. The zero-order valence-corrected chi connectivity index (χ0v) is 17.4. The van der Waals surface area contributed by atoms with Gasteiger partial charge in [0.15, 0.2) is 0 Å². The molecule has 1 heterocycles. The molecule has 0 amide bonds. The second-order valence-corrected chi connectivity index (χ2v) is 8.58. The molecule has 0 atom stereocenters. The van der Waals surface area contributed by atoms with Crippen LogP contribution in [-0.2, 0) is 10.0 Å². The summed E-state index contributed by atoms with van der Waals surface area (Å²) in [7, 11) is -4.16. The van der Waals surface area contributed by atoms with Gasteiger partial charge in [-0.3, -0.25) is 0 Å². The summed E-state index contributed by atoms with van der Waals surface area (Å²) in [4.78, 5) is 8.61. The van der Waals surface area contributed by atoms with E-state index in [-0.39, 0.29) is 16.5 Å². The lowest BCUT2D eigenvalue weighted by Crippen LogP contribution is -2.03. The summed E-state index contributed by atoms with van der Waals surface area (Å²) in [5, 5.41) is 3.66. The molecule has 0 saturated heterocycles. The molecule has 10 heteroatoms. The van der Waals surface area contributed by atoms with Crippen LogP contribution in [0.1, 0.15) is 0 Å². The molecule has 0 spiro atoms. The SMILES string of the molecule is O=S(=O)([N-]c1nc2ccccc2nc1Nc1ccc(Cl)c(Cl)c1)c1ccc(F)cc1. The third kappa shape index (κ3) is 4.30. The summed E-state index contributed by atoms with van der Waals surface area (Å²) in [6.07, 6.45) is 0. The lowest BCUT2D eigenvalue weighted by atomic mass is 10.3. The molecule has 0 aliphatic carbocycles. The van der Waals surface area contributed by atoms with Crippen molar-refractivity contribution in [3.8, 4) is 0 Å². The van der Waals surface area contributed by atoms with Gasteiger partial charge in [-0.1, -0.05) is 41.4 Å². The molecule has 30 heavy (non-hydrogen) atoms. The van der Waals surface area contributed by atoms with E-state index in [0.29, 0.717) is 26.8 Å². The van der Waals surface area contributed by atoms with E-state index in [1.807, 2.05) is 0 Å². The Morgan fingerprint density at radius 1 is 0.867 bits per heavy atom. The summed E-state index contributed by atoms with van der Waals surface area (Å²) in [6, 6.07) is 16.1. The Hall–Kier alpha value is -2.94. The van der Waals surface area contributed by atoms with Gasteiger partial charge in [0.1, 0.15) is 11.6 Å². The smallest absolute Gasteiger partial charge is 0.202 e. The minimum atomic E-state index is -4.16. The van der Waals surface area contributed by atoms with Crippen LogP contribution in [-0.4, -0.2) is 18.4 Å². The van der Waals surface area contributed by atoms with Crippen molar-refractivity contribution in [1.29, 1.82) is 0 Å². The zero-order chi connectivity index (χ0) is 21.3. The van der Waals surface area contributed by atoms with E-state index in [2.05, 4.69) is 20.0 Å². The van der Waals surface area contributed by atoms with E-state index in [9.17, 15) is 12.8 Å². The number of rotatable bonds is 5. The Bertz CT molecular complexity index is 1350. The molecule has 0 aliphatic rings. The van der Waals surface area contributed by atoms with Gasteiger partial charge >= 0.3 is 0 Å². The van der Waals surface area contributed by atoms with Gasteiger partial charge in [0.25, 0.3) is 0 Å². The maximum atomic E-state index is 13.2. The number of hydrogen-bond donors (Lipinski definition) is 1. The topological polar surface area (TPSA) is 86.1 Å². The second kappa shape index (κ2) is 8.06. The molecule has 0 fully saturated rings. The first-order valence-corrected chi connectivity index (χ1v) is 10.7. The Morgan fingerprint density at radius 2 is 1.53 bits per heavy atom. The van der Waals surface area contributed by atoms with Crippen LogP contribution >= 0.6 is 23.2 Å². The fourth-order valence-corrected chi connectivity index (χ4v) is 3.86. The molecule has 1 aromatic heterocycles. The van der Waals surface area contributed by atoms with Crippen molar-refractivity contribution in [2.45, 2.75) is 4.90 Å². The van der Waals surface area contributed by atoms with Gasteiger partial charge in [-0.15, -0.1) is 0 Å². The summed E-state index contributed by atoms with van der Waals surface area (Å²) in [6.45, 7) is 0. The Morgan fingerprint density at radius 3 is 2.20 bits per heavy atom. The lowest BCUT2D eigenvalue weighted by molar-refractivity contribution is 0.601. The van der Waals surface area contributed by atoms with Crippen molar-refractivity contribution in [2.75, 3.05) is 5.32 Å². The highest BCUT2D eigenvalue weighted by atomic mass is 35.5. The van der Waals surface area contributed by atoms with Crippen molar-refractivity contribution in [2.24, 2.45) is 0 Å². The summed E-state index contributed by atoms with van der Waals surface area (Å²) < 4.78 is 42.5. The van der Waals surface area contributed by atoms with Crippen molar-refractivity contribution < 1.29 is 12.8 Å². The van der Waals surface area contributed by atoms with Crippen LogP contribution in [0.4, 0.5) is 21.7 Å². The van der Waals surface area contributed by atoms with Crippen LogP contribution in [0.5, 0.6) is 0 Å². The molecule has 4 rings (SSSR count). The number of benzene rings is 3. The normalized spacial score (nSPS) is 11.4. The molecule has 0 radical (unpaired) electrons. The predicted molar refractivity (Wildman–Crippen MR) is 116 cm³/mol. The Balaban J connectivity index is 1.78. The molecular formula is C20H12Cl2FN4O2S-. The Kier molecular flexibility index (Phi) is 5.46. The van der Waals surface area contributed by atoms with Crippen LogP contribution < -0.4 is 5.32 Å². The number of fused-ring (bicyclic) bond motifs is 1. The van der Waals surface area contributed by atoms with Gasteiger partial charge in [0.2, 0.25) is 10.0 Å². The van der Waals surface area contributed by atoms with Crippen molar-refractivity contribution in [3.05, 3.63) is 87.3 Å². The van der Waals surface area contributed by atoms with Crippen molar-refractivity contribution in [3.63, 3.8) is 0 Å². The number of hydrogen-bond acceptors (Lipinski definition) is 5. The van der Waals surface area contributed by atoms with E-state index >= 15 is 0 Å². The van der Waals surface area contributed by atoms with Gasteiger partial charge in [-0.25, -0.2) is 17.8 Å². The molecule has 4 aromatic rings. The van der Waals surface area contributed by atoms with Crippen LogP contribution in [0.25, 0.3) is 15.8 Å². The molecule has 0 bridgehead atoms. The molecule has 0 unspecified atom stereocenters. The highest BCUT2D eigenvalue weighted by Gasteiger charge is 2.13. The van der Waals surface area contributed by atoms with E-state index in [4.69, 9.17) is 23.2 Å². The first kappa shape index (κ1) is 20.3. The highest BCUT2D eigenvalue weighted by Crippen LogP contribution is 2.35. The minimum absolute atomic E-state index is 0.109. The van der Waals surface area contributed by atoms with Crippen molar-refractivity contribution >= 4 is 61.6 Å². The number of nitrogens with zero attached hydrogens (tertiary/aromatic N) is 3. The number of aromatic nitrogens is 2. The van der Waals surface area contributed by atoms with Gasteiger partial charge in [0.05, 0.1) is 20.5 Å². The standard InChI is InChI=1S/C20H12Cl2FN4O2S/c21-15-10-7-13(11-16(15)22)24-19-20(26-18-4-2-1-3-17(18)25-19)27-30(28,29)14-8-5-12(23)6-9-14/h1-11H,(H-,24,25,26,27)/q-1. The largest absolute Gasteiger partial charge is 0.431 e. The molecule has 0 aliphatic heterocycles. The van der Waals surface area contributed by atoms with Gasteiger partial charge < -0.3 is 15.0 Å². The summed E-state index contributed by atoms with van der Waals surface area (Å²) >= 11 is 12.0. The number of sulfonamides is 1. The molecule has 6 nitrogen and oxygen atoms in total. The average molecular weight is 462 g/mol. The monoisotopic (exact) mass is 461 g/mol. The lowest BCUT2D eigenvalue weighted by Gasteiger charge is -2.21. The van der Waals surface area contributed by atoms with Crippen LogP contribution in [0.15, 0.2) is 71.6 Å². The number of halogens is 3. The quantitative estimate of drug-likeness (QED) is 0.381. The third-order valence-electron chi connectivity index (χ3n) is 4.05. The third-order valence-corrected chi connectivity index (χ3v) is 6.07. The van der Waals surface area contributed by atoms with Gasteiger partial charge in [0, 0.05) is 5.69 Å². The van der Waals surface area contributed by atoms with Gasteiger partial charge in [-0.2, -0.15) is 0 Å². The van der Waals surface area contributed by atoms with E-state index in [0.717, 1.165) is 24.3 Å². The molecule has 3 aromatic carbocycles. The number of anilines is 2. The highest BCUT2D eigenvalue weighted by molar-refractivity contribution is 7.94. The minimum Gasteiger partial charge on any atom is -0.431 e. The maximum absolute atomic E-state index is 13.2. The fraction of sp³-hybridized carbons (Fsp3) is 0. The molecule has 152 valence electrons. The van der Waals surface area contributed by atoms with Crippen LogP contribution in [0.3, 0.4) is 0 Å². The zero-order valence-electron chi connectivity index (χ0n) is 15.1. The van der Waals surface area contributed by atoms with Crippen LogP contribution in [0.2, 0.25) is 10.0 Å². The maximum Gasteiger partial charge on any atom is 0.202 e. The van der Waals surface area contributed by atoms with Crippen molar-refractivity contribution in [1.82, 2.24) is 9.97 Å². The number of nitrogens with one attached hydrogen (secondary N) is 1. The van der Waals surface area contributed by atoms with E-state index < -0.39 is 15.8 Å². The predicted octanol–water partition coefficient (Wildman–Crippen LogP) is 6.21. The number of para-hydroxylation sites is 2. The Labute approximate surface area is 181 Å². The fourth-order valence-electron chi connectivity index (χ4n) is 2.62. The van der Waals surface area contributed by atoms with E-state index in [1.165, 1.54) is 0 Å². The molecular weight excluding hydrogens is 450 g/mol. The van der Waals surface area contributed by atoms with Crippen LogP contribution in [0, 0.1) is 5.82 Å². The first-order valence-electron chi connectivity index (χ1n) is 8.54. The molecule has 0 saturated carbocycles. The van der Waals surface area contributed by atoms with Gasteiger partial charge in [-0.05, 0) is 59.9 Å². The summed E-state index contributed by atoms with van der Waals surface area (Å²) in [5.74, 6) is -0.594. The summed E-state index contributed by atoms with van der Waals surface area (Å²) in [5.41, 5.74) is 1.52. The average Bonchev–Trinajstić information content (AvgIpc) is 2.71.